The fraction of sp³-hybridized carbons (Fsp3) is 0.292. The fourth-order valence-corrected chi connectivity index (χ4v) is 3.12. The number of rotatable bonds is 10. The molecule has 1 aliphatic rings. The third-order valence-electron chi connectivity index (χ3n) is 5.06. The standard InChI is InChI=1S/C24H25N3O4/c28-23(17-30-20-9-5-2-6-10-20)27(15-19-7-3-1-4-8-19)16-21-13-22(26-31-21)24(29)25-14-18-11-12-18/h1-10,13,18H,11-12,14-17H2,(H,25,29). The van der Waals surface area contributed by atoms with Crippen molar-refractivity contribution in [3.05, 3.63) is 83.7 Å². The second kappa shape index (κ2) is 9.93. The summed E-state index contributed by atoms with van der Waals surface area (Å²) in [6, 6.07) is 20.5. The van der Waals surface area contributed by atoms with Gasteiger partial charge in [-0.3, -0.25) is 9.59 Å². The topological polar surface area (TPSA) is 84.7 Å². The Balaban J connectivity index is 1.41. The highest BCUT2D eigenvalue weighted by Crippen LogP contribution is 2.27. The van der Waals surface area contributed by atoms with Crippen LogP contribution in [0, 0.1) is 5.92 Å². The molecule has 0 unspecified atom stereocenters. The summed E-state index contributed by atoms with van der Waals surface area (Å²) in [6.07, 6.45) is 2.32. The molecule has 0 atom stereocenters. The summed E-state index contributed by atoms with van der Waals surface area (Å²) in [5, 5.41) is 6.74. The molecular weight excluding hydrogens is 394 g/mol. The highest BCUT2D eigenvalue weighted by Gasteiger charge is 2.23. The summed E-state index contributed by atoms with van der Waals surface area (Å²) >= 11 is 0. The molecule has 0 bridgehead atoms. The van der Waals surface area contributed by atoms with E-state index in [1.165, 1.54) is 0 Å². The Morgan fingerprint density at radius 1 is 1.03 bits per heavy atom. The molecule has 3 aromatic rings. The number of nitrogens with zero attached hydrogens (tertiary/aromatic N) is 2. The van der Waals surface area contributed by atoms with Crippen LogP contribution in [0.3, 0.4) is 0 Å². The average Bonchev–Trinajstić information content (AvgIpc) is 3.52. The molecule has 7 heteroatoms. The molecule has 1 heterocycles. The summed E-state index contributed by atoms with van der Waals surface area (Å²) in [5.41, 5.74) is 1.21. The Labute approximate surface area is 181 Å². The van der Waals surface area contributed by atoms with Crippen molar-refractivity contribution in [3.63, 3.8) is 0 Å². The van der Waals surface area contributed by atoms with Gasteiger partial charge in [0.2, 0.25) is 0 Å². The first-order valence-corrected chi connectivity index (χ1v) is 10.4. The number of hydrogen-bond donors (Lipinski definition) is 1. The molecule has 0 saturated heterocycles. The van der Waals surface area contributed by atoms with Gasteiger partial charge in [0.1, 0.15) is 5.75 Å². The van der Waals surface area contributed by atoms with Crippen LogP contribution in [0.5, 0.6) is 5.75 Å². The SMILES string of the molecule is O=C(NCC1CC1)c1cc(CN(Cc2ccccc2)C(=O)COc2ccccc2)on1. The minimum absolute atomic E-state index is 0.0975. The molecule has 0 radical (unpaired) electrons. The molecule has 0 aliphatic heterocycles. The monoisotopic (exact) mass is 419 g/mol. The van der Waals surface area contributed by atoms with E-state index in [0.29, 0.717) is 30.5 Å². The third-order valence-corrected chi connectivity index (χ3v) is 5.06. The molecule has 7 nitrogen and oxygen atoms in total. The molecular formula is C24H25N3O4. The van der Waals surface area contributed by atoms with Gasteiger partial charge in [-0.25, -0.2) is 0 Å². The molecule has 1 N–H and O–H groups in total. The number of para-hydroxylation sites is 1. The average molecular weight is 419 g/mol. The molecule has 2 aromatic carbocycles. The van der Waals surface area contributed by atoms with Crippen LogP contribution in [-0.2, 0) is 17.9 Å². The van der Waals surface area contributed by atoms with Crippen LogP contribution >= 0.6 is 0 Å². The predicted octanol–water partition coefficient (Wildman–Crippen LogP) is 3.42. The van der Waals surface area contributed by atoms with Gasteiger partial charge in [-0.15, -0.1) is 0 Å². The van der Waals surface area contributed by atoms with Gasteiger partial charge in [0.05, 0.1) is 6.54 Å². The Morgan fingerprint density at radius 2 is 1.74 bits per heavy atom. The van der Waals surface area contributed by atoms with Crippen molar-refractivity contribution in [3.8, 4) is 5.75 Å². The third kappa shape index (κ3) is 6.18. The summed E-state index contributed by atoms with van der Waals surface area (Å²) in [7, 11) is 0. The Hall–Kier alpha value is -3.61. The van der Waals surface area contributed by atoms with Gasteiger partial charge in [0.25, 0.3) is 11.8 Å². The first-order valence-electron chi connectivity index (χ1n) is 10.4. The molecule has 2 amide bonds. The van der Waals surface area contributed by atoms with Gasteiger partial charge in [-0.2, -0.15) is 0 Å². The Bertz CT molecular complexity index is 1000. The van der Waals surface area contributed by atoms with Crippen LogP contribution in [0.2, 0.25) is 0 Å². The normalized spacial score (nSPS) is 12.9. The predicted molar refractivity (Wildman–Crippen MR) is 114 cm³/mol. The Kier molecular flexibility index (Phi) is 6.62. The summed E-state index contributed by atoms with van der Waals surface area (Å²) in [5.74, 6) is 1.21. The van der Waals surface area contributed by atoms with Crippen LogP contribution in [-0.4, -0.2) is 35.0 Å². The van der Waals surface area contributed by atoms with Crippen molar-refractivity contribution in [2.24, 2.45) is 5.92 Å². The number of hydrogen-bond acceptors (Lipinski definition) is 5. The van der Waals surface area contributed by atoms with Gasteiger partial charge in [0, 0.05) is 19.2 Å². The number of carbonyl (C=O) groups is 2. The maximum absolute atomic E-state index is 12.9. The molecule has 4 rings (SSSR count). The van der Waals surface area contributed by atoms with Crippen LogP contribution in [0.25, 0.3) is 0 Å². The van der Waals surface area contributed by atoms with Crippen LogP contribution in [0.4, 0.5) is 0 Å². The van der Waals surface area contributed by atoms with E-state index in [-0.39, 0.29) is 30.7 Å². The molecule has 31 heavy (non-hydrogen) atoms. The quantitative estimate of drug-likeness (QED) is 0.544. The molecule has 1 aliphatic carbocycles. The Morgan fingerprint density at radius 3 is 2.45 bits per heavy atom. The van der Waals surface area contributed by atoms with Crippen molar-refractivity contribution < 1.29 is 18.8 Å². The first kappa shape index (κ1) is 20.7. The van der Waals surface area contributed by atoms with E-state index < -0.39 is 0 Å². The second-order valence-electron chi connectivity index (χ2n) is 7.67. The number of amides is 2. The maximum atomic E-state index is 12.9. The van der Waals surface area contributed by atoms with E-state index in [0.717, 1.165) is 18.4 Å². The first-order chi connectivity index (χ1) is 15.2. The van der Waals surface area contributed by atoms with E-state index in [9.17, 15) is 9.59 Å². The van der Waals surface area contributed by atoms with E-state index in [4.69, 9.17) is 9.26 Å². The lowest BCUT2D eigenvalue weighted by Crippen LogP contribution is -2.34. The van der Waals surface area contributed by atoms with Crippen LogP contribution < -0.4 is 10.1 Å². The lowest BCUT2D eigenvalue weighted by atomic mass is 10.2. The fourth-order valence-electron chi connectivity index (χ4n) is 3.12. The number of carbonyl (C=O) groups excluding carboxylic acids is 2. The van der Waals surface area contributed by atoms with Gasteiger partial charge in [0.15, 0.2) is 18.1 Å². The van der Waals surface area contributed by atoms with E-state index >= 15 is 0 Å². The van der Waals surface area contributed by atoms with Crippen molar-refractivity contribution in [2.75, 3.05) is 13.2 Å². The largest absolute Gasteiger partial charge is 0.484 e. The number of aromatic nitrogens is 1. The van der Waals surface area contributed by atoms with Crippen LogP contribution in [0.1, 0.15) is 34.7 Å². The van der Waals surface area contributed by atoms with Gasteiger partial charge < -0.3 is 19.5 Å². The lowest BCUT2D eigenvalue weighted by molar-refractivity contribution is -0.135. The second-order valence-corrected chi connectivity index (χ2v) is 7.67. The maximum Gasteiger partial charge on any atom is 0.273 e. The van der Waals surface area contributed by atoms with E-state index in [2.05, 4.69) is 10.5 Å². The summed E-state index contributed by atoms with van der Waals surface area (Å²) < 4.78 is 11.0. The highest BCUT2D eigenvalue weighted by molar-refractivity contribution is 5.92. The van der Waals surface area contributed by atoms with Crippen molar-refractivity contribution >= 4 is 11.8 Å². The zero-order valence-corrected chi connectivity index (χ0v) is 17.2. The molecule has 1 saturated carbocycles. The molecule has 1 aromatic heterocycles. The molecule has 1 fully saturated rings. The molecule has 0 spiro atoms. The van der Waals surface area contributed by atoms with E-state index in [1.807, 2.05) is 48.5 Å². The summed E-state index contributed by atoms with van der Waals surface area (Å²) in [4.78, 5) is 26.8. The van der Waals surface area contributed by atoms with Crippen molar-refractivity contribution in [1.29, 1.82) is 0 Å². The smallest absolute Gasteiger partial charge is 0.273 e. The molecule has 160 valence electrons. The number of benzene rings is 2. The van der Waals surface area contributed by atoms with Gasteiger partial charge in [-0.1, -0.05) is 53.7 Å². The van der Waals surface area contributed by atoms with Gasteiger partial charge >= 0.3 is 0 Å². The van der Waals surface area contributed by atoms with Crippen LogP contribution in [0.15, 0.2) is 71.3 Å². The van der Waals surface area contributed by atoms with Crippen molar-refractivity contribution in [2.45, 2.75) is 25.9 Å². The number of ether oxygens (including phenoxy) is 1. The summed E-state index contributed by atoms with van der Waals surface area (Å²) in [6.45, 7) is 1.15. The minimum Gasteiger partial charge on any atom is -0.484 e. The van der Waals surface area contributed by atoms with E-state index in [1.54, 1.807) is 23.1 Å². The zero-order valence-electron chi connectivity index (χ0n) is 17.2. The lowest BCUT2D eigenvalue weighted by Gasteiger charge is -2.21. The minimum atomic E-state index is -0.254. The zero-order chi connectivity index (χ0) is 21.5. The van der Waals surface area contributed by atoms with Crippen molar-refractivity contribution in [1.82, 2.24) is 15.4 Å². The highest BCUT2D eigenvalue weighted by atomic mass is 16.5. The number of nitrogens with one attached hydrogen (secondary N) is 1. The van der Waals surface area contributed by atoms with Gasteiger partial charge in [-0.05, 0) is 36.5 Å².